The molecular weight excluding hydrogens is 342 g/mol. The Kier molecular flexibility index (Phi) is 5.04. The van der Waals surface area contributed by atoms with Gasteiger partial charge in [-0.05, 0) is 39.2 Å². The minimum Gasteiger partial charge on any atom is -0.481 e. The minimum atomic E-state index is -0.821. The molecule has 0 aromatic heterocycles. The molecule has 0 fully saturated rings. The van der Waals surface area contributed by atoms with Crippen molar-refractivity contribution < 1.29 is 9.90 Å². The Morgan fingerprint density at radius 2 is 1.80 bits per heavy atom. The van der Waals surface area contributed by atoms with Crippen LogP contribution in [0.5, 0.6) is 0 Å². The smallest absolute Gasteiger partial charge is 0.307 e. The van der Waals surface area contributed by atoms with Crippen molar-refractivity contribution in [3.05, 3.63) is 63.1 Å². The van der Waals surface area contributed by atoms with Gasteiger partial charge in [0.25, 0.3) is 0 Å². The molecule has 0 heterocycles. The summed E-state index contributed by atoms with van der Waals surface area (Å²) in [6.45, 7) is 0.645. The fraction of sp³-hybridized carbons (Fsp3) is 0.133. The molecule has 0 bridgehead atoms. The van der Waals surface area contributed by atoms with Crippen LogP contribution in [0.3, 0.4) is 0 Å². The monoisotopic (exact) mass is 353 g/mol. The topological polar surface area (TPSA) is 49.3 Å². The van der Waals surface area contributed by atoms with E-state index in [1.54, 1.807) is 0 Å². The van der Waals surface area contributed by atoms with Crippen molar-refractivity contribution in [1.29, 1.82) is 0 Å². The lowest BCUT2D eigenvalue weighted by Gasteiger charge is -2.10. The van der Waals surface area contributed by atoms with Crippen molar-refractivity contribution >= 4 is 39.2 Å². The molecule has 2 N–H and O–H groups in total. The van der Waals surface area contributed by atoms with E-state index in [9.17, 15) is 4.79 Å². The molecule has 104 valence electrons. The van der Waals surface area contributed by atoms with Crippen molar-refractivity contribution in [3.63, 3.8) is 0 Å². The standard InChI is InChI=1S/C15H13BrClNO2/c16-15-12(17)2-1-3-13(15)18-9-11-6-4-10(5-7-11)8-14(19)20/h1-7,18H,8-9H2,(H,19,20). The SMILES string of the molecule is O=C(O)Cc1ccc(CNc2cccc(Cl)c2Br)cc1. The third-order valence-corrected chi connectivity index (χ3v) is 4.21. The van der Waals surface area contributed by atoms with Gasteiger partial charge in [0.2, 0.25) is 0 Å². The first-order valence-electron chi connectivity index (χ1n) is 6.04. The van der Waals surface area contributed by atoms with Crippen LogP contribution in [0.1, 0.15) is 11.1 Å². The maximum absolute atomic E-state index is 10.6. The van der Waals surface area contributed by atoms with Crippen LogP contribution in [0.4, 0.5) is 5.69 Å². The zero-order chi connectivity index (χ0) is 14.5. The van der Waals surface area contributed by atoms with E-state index in [-0.39, 0.29) is 6.42 Å². The van der Waals surface area contributed by atoms with Crippen LogP contribution in [-0.2, 0) is 17.8 Å². The lowest BCUT2D eigenvalue weighted by atomic mass is 10.1. The lowest BCUT2D eigenvalue weighted by molar-refractivity contribution is -0.136. The quantitative estimate of drug-likeness (QED) is 0.839. The van der Waals surface area contributed by atoms with E-state index in [2.05, 4.69) is 21.2 Å². The molecule has 0 radical (unpaired) electrons. The molecule has 0 spiro atoms. The molecule has 2 aromatic rings. The Hall–Kier alpha value is -1.52. The van der Waals surface area contributed by atoms with Crippen molar-refractivity contribution in [3.8, 4) is 0 Å². The number of carbonyl (C=O) groups is 1. The first-order valence-corrected chi connectivity index (χ1v) is 7.21. The van der Waals surface area contributed by atoms with Gasteiger partial charge < -0.3 is 10.4 Å². The maximum atomic E-state index is 10.6. The van der Waals surface area contributed by atoms with Gasteiger partial charge in [0.15, 0.2) is 0 Å². The van der Waals surface area contributed by atoms with E-state index >= 15 is 0 Å². The Morgan fingerprint density at radius 3 is 2.45 bits per heavy atom. The van der Waals surface area contributed by atoms with Crippen LogP contribution in [0, 0.1) is 0 Å². The third kappa shape index (κ3) is 3.99. The highest BCUT2D eigenvalue weighted by atomic mass is 79.9. The van der Waals surface area contributed by atoms with Crippen LogP contribution in [0.25, 0.3) is 0 Å². The summed E-state index contributed by atoms with van der Waals surface area (Å²) in [5.41, 5.74) is 2.79. The minimum absolute atomic E-state index is 0.0492. The molecule has 2 rings (SSSR count). The number of carboxylic acids is 1. The molecule has 0 unspecified atom stereocenters. The predicted molar refractivity (Wildman–Crippen MR) is 84.3 cm³/mol. The number of anilines is 1. The number of benzene rings is 2. The second kappa shape index (κ2) is 6.77. The fourth-order valence-electron chi connectivity index (χ4n) is 1.79. The largest absolute Gasteiger partial charge is 0.481 e. The maximum Gasteiger partial charge on any atom is 0.307 e. The van der Waals surface area contributed by atoms with Crippen LogP contribution in [0.15, 0.2) is 46.9 Å². The number of rotatable bonds is 5. The molecular formula is C15H13BrClNO2. The Balaban J connectivity index is 2.00. The molecule has 0 atom stereocenters. The van der Waals surface area contributed by atoms with Crippen LogP contribution in [0.2, 0.25) is 5.02 Å². The molecule has 0 aliphatic rings. The van der Waals surface area contributed by atoms with Crippen molar-refractivity contribution in [2.24, 2.45) is 0 Å². The number of hydrogen-bond donors (Lipinski definition) is 2. The molecule has 20 heavy (non-hydrogen) atoms. The summed E-state index contributed by atoms with van der Waals surface area (Å²) in [6.07, 6.45) is 0.0492. The number of hydrogen-bond acceptors (Lipinski definition) is 2. The van der Waals surface area contributed by atoms with E-state index in [0.717, 1.165) is 21.3 Å². The Morgan fingerprint density at radius 1 is 1.15 bits per heavy atom. The van der Waals surface area contributed by atoms with Gasteiger partial charge in [-0.3, -0.25) is 4.79 Å². The fourth-order valence-corrected chi connectivity index (χ4v) is 2.37. The van der Waals surface area contributed by atoms with Crippen molar-refractivity contribution in [2.75, 3.05) is 5.32 Å². The van der Waals surface area contributed by atoms with Gasteiger partial charge in [-0.1, -0.05) is 41.9 Å². The number of aliphatic carboxylic acids is 1. The van der Waals surface area contributed by atoms with E-state index in [1.807, 2.05) is 42.5 Å². The highest BCUT2D eigenvalue weighted by Crippen LogP contribution is 2.30. The summed E-state index contributed by atoms with van der Waals surface area (Å²) in [5, 5.41) is 12.7. The molecule has 0 aliphatic heterocycles. The molecule has 3 nitrogen and oxygen atoms in total. The van der Waals surface area contributed by atoms with Gasteiger partial charge in [0.1, 0.15) is 0 Å². The Labute approximate surface area is 130 Å². The number of carboxylic acid groups (broad SMARTS) is 1. The summed E-state index contributed by atoms with van der Waals surface area (Å²) in [5.74, 6) is -0.821. The molecule has 2 aromatic carbocycles. The summed E-state index contributed by atoms with van der Waals surface area (Å²) in [7, 11) is 0. The summed E-state index contributed by atoms with van der Waals surface area (Å²) < 4.78 is 0.837. The highest BCUT2D eigenvalue weighted by Gasteiger charge is 2.04. The van der Waals surface area contributed by atoms with Crippen LogP contribution >= 0.6 is 27.5 Å². The van der Waals surface area contributed by atoms with Gasteiger partial charge >= 0.3 is 5.97 Å². The predicted octanol–water partition coefficient (Wildman–Crippen LogP) is 4.34. The van der Waals surface area contributed by atoms with Gasteiger partial charge in [0.05, 0.1) is 21.6 Å². The van der Waals surface area contributed by atoms with Gasteiger partial charge in [-0.2, -0.15) is 0 Å². The van der Waals surface area contributed by atoms with Gasteiger partial charge in [0, 0.05) is 6.54 Å². The summed E-state index contributed by atoms with van der Waals surface area (Å²) >= 11 is 9.46. The molecule has 5 heteroatoms. The first kappa shape index (κ1) is 14.9. The molecule has 0 saturated heterocycles. The molecule has 0 aliphatic carbocycles. The number of nitrogens with one attached hydrogen (secondary N) is 1. The van der Waals surface area contributed by atoms with E-state index in [0.29, 0.717) is 11.6 Å². The zero-order valence-electron chi connectivity index (χ0n) is 10.6. The van der Waals surface area contributed by atoms with Gasteiger partial charge in [-0.25, -0.2) is 0 Å². The zero-order valence-corrected chi connectivity index (χ0v) is 12.9. The average molecular weight is 355 g/mol. The van der Waals surface area contributed by atoms with Crippen LogP contribution in [-0.4, -0.2) is 11.1 Å². The molecule has 0 saturated carbocycles. The number of halogens is 2. The molecule has 0 amide bonds. The highest BCUT2D eigenvalue weighted by molar-refractivity contribution is 9.10. The normalized spacial score (nSPS) is 10.3. The van der Waals surface area contributed by atoms with Crippen molar-refractivity contribution in [1.82, 2.24) is 0 Å². The van der Waals surface area contributed by atoms with E-state index in [4.69, 9.17) is 16.7 Å². The average Bonchev–Trinajstić information content (AvgIpc) is 2.41. The van der Waals surface area contributed by atoms with E-state index < -0.39 is 5.97 Å². The second-order valence-corrected chi connectivity index (χ2v) is 5.54. The second-order valence-electron chi connectivity index (χ2n) is 4.34. The van der Waals surface area contributed by atoms with E-state index in [1.165, 1.54) is 0 Å². The third-order valence-electron chi connectivity index (χ3n) is 2.81. The first-order chi connectivity index (χ1) is 9.56. The van der Waals surface area contributed by atoms with Gasteiger partial charge in [-0.15, -0.1) is 0 Å². The summed E-state index contributed by atoms with van der Waals surface area (Å²) in [4.78, 5) is 10.6. The van der Waals surface area contributed by atoms with Crippen molar-refractivity contribution in [2.45, 2.75) is 13.0 Å². The Bertz CT molecular complexity index is 614. The summed E-state index contributed by atoms with van der Waals surface area (Å²) in [6, 6.07) is 13.1. The van der Waals surface area contributed by atoms with Crippen LogP contribution < -0.4 is 5.32 Å². The lowest BCUT2D eigenvalue weighted by Crippen LogP contribution is -2.02.